The van der Waals surface area contributed by atoms with E-state index in [0.29, 0.717) is 28.9 Å². The summed E-state index contributed by atoms with van der Waals surface area (Å²) in [6, 6.07) is 3.39. The molecular weight excluding hydrogens is 262 g/mol. The molecule has 17 heavy (non-hydrogen) atoms. The smallest absolute Gasteiger partial charge is 0.315 e. The number of halogens is 1. The summed E-state index contributed by atoms with van der Waals surface area (Å²) in [5.41, 5.74) is 3.13. The van der Waals surface area contributed by atoms with Gasteiger partial charge >= 0.3 is 5.97 Å². The number of esters is 1. The average Bonchev–Trinajstić information content (AvgIpc) is 2.32. The first-order chi connectivity index (χ1) is 8.17. The second-order valence-corrected chi connectivity index (χ2v) is 4.46. The molecule has 0 atom stereocenters. The number of aromatic nitrogens is 1. The van der Waals surface area contributed by atoms with Crippen LogP contribution in [-0.2, 0) is 15.3 Å². The highest BCUT2D eigenvalue weighted by Gasteiger charge is 2.06. The van der Waals surface area contributed by atoms with Gasteiger partial charge in [-0.15, -0.1) is 11.8 Å². The van der Waals surface area contributed by atoms with Crippen LogP contribution in [0.25, 0.3) is 0 Å². The Labute approximate surface area is 109 Å². The fraction of sp³-hybridized carbons (Fsp3) is 0.400. The van der Waals surface area contributed by atoms with Gasteiger partial charge in [0.1, 0.15) is 5.82 Å². The lowest BCUT2D eigenvalue weighted by atomic mass is 10.4. The minimum atomic E-state index is -0.235. The molecule has 5 nitrogen and oxygen atoms in total. The maximum absolute atomic E-state index is 11.1. The number of anilines is 1. The van der Waals surface area contributed by atoms with E-state index in [1.807, 2.05) is 0 Å². The number of hydrazine groups is 1. The van der Waals surface area contributed by atoms with Crippen molar-refractivity contribution in [3.8, 4) is 0 Å². The quantitative estimate of drug-likeness (QED) is 0.468. The van der Waals surface area contributed by atoms with Gasteiger partial charge in [0.15, 0.2) is 0 Å². The van der Waals surface area contributed by atoms with Gasteiger partial charge in [-0.2, -0.15) is 0 Å². The Kier molecular flexibility index (Phi) is 6.10. The lowest BCUT2D eigenvalue weighted by molar-refractivity contribution is -0.139. The van der Waals surface area contributed by atoms with Crippen molar-refractivity contribution >= 4 is 35.1 Å². The van der Waals surface area contributed by atoms with Crippen molar-refractivity contribution < 1.29 is 9.53 Å². The number of ether oxygens (including phenoxy) is 1. The van der Waals surface area contributed by atoms with Crippen LogP contribution in [0, 0.1) is 0 Å². The second-order valence-electron chi connectivity index (χ2n) is 3.07. The summed E-state index contributed by atoms with van der Waals surface area (Å²) in [5.74, 6) is 6.38. The minimum Gasteiger partial charge on any atom is -0.465 e. The van der Waals surface area contributed by atoms with Crippen molar-refractivity contribution in [3.05, 3.63) is 22.8 Å². The molecule has 1 aromatic rings. The summed E-state index contributed by atoms with van der Waals surface area (Å²) in [7, 11) is 0. The van der Waals surface area contributed by atoms with E-state index >= 15 is 0 Å². The van der Waals surface area contributed by atoms with Crippen LogP contribution in [-0.4, -0.2) is 23.3 Å². The molecule has 0 bridgehead atoms. The molecule has 0 aliphatic heterocycles. The van der Waals surface area contributed by atoms with E-state index in [9.17, 15) is 4.79 Å². The number of rotatable bonds is 6. The molecule has 0 aliphatic rings. The summed E-state index contributed by atoms with van der Waals surface area (Å²) >= 11 is 7.37. The van der Waals surface area contributed by atoms with E-state index in [1.165, 1.54) is 11.8 Å². The molecule has 1 rings (SSSR count). The van der Waals surface area contributed by atoms with Crippen molar-refractivity contribution in [1.82, 2.24) is 4.98 Å². The van der Waals surface area contributed by atoms with E-state index in [-0.39, 0.29) is 11.7 Å². The molecule has 0 saturated heterocycles. The van der Waals surface area contributed by atoms with Crippen molar-refractivity contribution in [1.29, 1.82) is 0 Å². The summed E-state index contributed by atoms with van der Waals surface area (Å²) in [5, 5.41) is 0.556. The molecule has 3 N–H and O–H groups in total. The molecule has 94 valence electrons. The number of thioether (sulfide) groups is 1. The van der Waals surface area contributed by atoms with Gasteiger partial charge in [-0.25, -0.2) is 10.8 Å². The van der Waals surface area contributed by atoms with Crippen LogP contribution in [0.2, 0.25) is 5.02 Å². The van der Waals surface area contributed by atoms with Crippen LogP contribution in [0.15, 0.2) is 12.1 Å². The predicted molar refractivity (Wildman–Crippen MR) is 69.9 cm³/mol. The summed E-state index contributed by atoms with van der Waals surface area (Å²) in [4.78, 5) is 15.3. The molecule has 7 heteroatoms. The predicted octanol–water partition coefficient (Wildman–Crippen LogP) is 1.82. The first-order valence-electron chi connectivity index (χ1n) is 5.02. The molecule has 0 aromatic carbocycles. The second kappa shape index (κ2) is 7.37. The molecule has 0 saturated carbocycles. The number of nitrogens with zero attached hydrogens (tertiary/aromatic N) is 1. The van der Waals surface area contributed by atoms with Crippen LogP contribution < -0.4 is 11.3 Å². The van der Waals surface area contributed by atoms with Gasteiger partial charge in [-0.3, -0.25) is 4.79 Å². The Hall–Kier alpha value is -0.980. The topological polar surface area (TPSA) is 77.2 Å². The number of nitrogen functional groups attached to an aromatic ring is 1. The molecule has 0 spiro atoms. The molecule has 0 aliphatic carbocycles. The van der Waals surface area contributed by atoms with Crippen molar-refractivity contribution in [2.24, 2.45) is 5.84 Å². The molecule has 0 unspecified atom stereocenters. The molecular formula is C10H14ClN3O2S. The van der Waals surface area contributed by atoms with Gasteiger partial charge < -0.3 is 10.2 Å². The van der Waals surface area contributed by atoms with E-state index in [1.54, 1.807) is 19.1 Å². The average molecular weight is 276 g/mol. The third kappa shape index (κ3) is 4.80. The summed E-state index contributed by atoms with van der Waals surface area (Å²) < 4.78 is 4.81. The first kappa shape index (κ1) is 14.1. The third-order valence-electron chi connectivity index (χ3n) is 1.83. The van der Waals surface area contributed by atoms with Gasteiger partial charge in [0.25, 0.3) is 0 Å². The normalized spacial score (nSPS) is 10.1. The summed E-state index contributed by atoms with van der Waals surface area (Å²) in [6.07, 6.45) is 0. The fourth-order valence-corrected chi connectivity index (χ4v) is 2.12. The number of nitrogens with one attached hydrogen (secondary N) is 1. The Morgan fingerprint density at radius 2 is 2.41 bits per heavy atom. The Morgan fingerprint density at radius 1 is 1.65 bits per heavy atom. The van der Waals surface area contributed by atoms with Gasteiger partial charge in [0, 0.05) is 5.75 Å². The van der Waals surface area contributed by atoms with Crippen LogP contribution in [0.5, 0.6) is 0 Å². The molecule has 0 amide bonds. The Morgan fingerprint density at radius 3 is 3.06 bits per heavy atom. The van der Waals surface area contributed by atoms with Crippen LogP contribution in [0.3, 0.4) is 0 Å². The molecule has 0 fully saturated rings. The summed E-state index contributed by atoms with van der Waals surface area (Å²) in [6.45, 7) is 2.17. The number of hydrogen-bond donors (Lipinski definition) is 2. The van der Waals surface area contributed by atoms with Crippen LogP contribution in [0.4, 0.5) is 5.82 Å². The van der Waals surface area contributed by atoms with E-state index in [2.05, 4.69) is 10.4 Å². The van der Waals surface area contributed by atoms with E-state index in [4.69, 9.17) is 22.2 Å². The standard InChI is InChI=1S/C10H14ClN3O2S/c1-2-16-10(15)6-17-5-8-7(11)3-4-9(13-8)14-12/h3-4H,2,5-6,12H2,1H3,(H,13,14). The Balaban J connectivity index is 2.48. The number of carbonyl (C=O) groups is 1. The number of nitrogens with two attached hydrogens (primary N) is 1. The lowest BCUT2D eigenvalue weighted by Crippen LogP contribution is -2.10. The Bertz CT molecular complexity index is 390. The van der Waals surface area contributed by atoms with Crippen molar-refractivity contribution in [2.75, 3.05) is 17.8 Å². The highest BCUT2D eigenvalue weighted by Crippen LogP contribution is 2.21. The molecule has 1 aromatic heterocycles. The fourth-order valence-electron chi connectivity index (χ4n) is 1.10. The number of carbonyl (C=O) groups excluding carboxylic acids is 1. The highest BCUT2D eigenvalue weighted by molar-refractivity contribution is 7.99. The lowest BCUT2D eigenvalue weighted by Gasteiger charge is -2.06. The van der Waals surface area contributed by atoms with Gasteiger partial charge in [-0.1, -0.05) is 11.6 Å². The van der Waals surface area contributed by atoms with E-state index in [0.717, 1.165) is 0 Å². The van der Waals surface area contributed by atoms with Crippen LogP contribution >= 0.6 is 23.4 Å². The van der Waals surface area contributed by atoms with Gasteiger partial charge in [-0.05, 0) is 19.1 Å². The van der Waals surface area contributed by atoms with Gasteiger partial charge in [0.2, 0.25) is 0 Å². The highest BCUT2D eigenvalue weighted by atomic mass is 35.5. The van der Waals surface area contributed by atoms with Gasteiger partial charge in [0.05, 0.1) is 23.1 Å². The monoisotopic (exact) mass is 275 g/mol. The molecule has 1 heterocycles. The van der Waals surface area contributed by atoms with E-state index < -0.39 is 0 Å². The zero-order valence-corrected chi connectivity index (χ0v) is 11.0. The first-order valence-corrected chi connectivity index (χ1v) is 6.56. The zero-order chi connectivity index (χ0) is 12.7. The zero-order valence-electron chi connectivity index (χ0n) is 9.40. The largest absolute Gasteiger partial charge is 0.465 e. The van der Waals surface area contributed by atoms with Crippen LogP contribution in [0.1, 0.15) is 12.6 Å². The maximum Gasteiger partial charge on any atom is 0.315 e. The number of hydrogen-bond acceptors (Lipinski definition) is 6. The van der Waals surface area contributed by atoms with Crippen molar-refractivity contribution in [3.63, 3.8) is 0 Å². The SMILES string of the molecule is CCOC(=O)CSCc1nc(NN)ccc1Cl. The minimum absolute atomic E-state index is 0.235. The maximum atomic E-state index is 11.1. The third-order valence-corrected chi connectivity index (χ3v) is 3.09. The molecule has 0 radical (unpaired) electrons. The van der Waals surface area contributed by atoms with Crippen molar-refractivity contribution in [2.45, 2.75) is 12.7 Å². The number of pyridine rings is 1.